The van der Waals surface area contributed by atoms with E-state index < -0.39 is 0 Å². The molecule has 1 unspecified atom stereocenters. The molecular weight excluding hydrogens is 314 g/mol. The van der Waals surface area contributed by atoms with Gasteiger partial charge in [0.05, 0.1) is 6.20 Å². The van der Waals surface area contributed by atoms with E-state index in [1.54, 1.807) is 6.92 Å². The van der Waals surface area contributed by atoms with Crippen LogP contribution in [0.1, 0.15) is 52.5 Å². The third-order valence-corrected chi connectivity index (χ3v) is 6.09. The first-order chi connectivity index (χ1) is 12.0. The van der Waals surface area contributed by atoms with Crippen molar-refractivity contribution in [3.8, 4) is 0 Å². The minimum Gasteiger partial charge on any atom is -0.361 e. The highest BCUT2D eigenvalue weighted by atomic mass is 16.5. The molecule has 1 spiro atoms. The Bertz CT molecular complexity index is 788. The first-order valence-corrected chi connectivity index (χ1v) is 8.98. The summed E-state index contributed by atoms with van der Waals surface area (Å²) >= 11 is 0. The lowest BCUT2D eigenvalue weighted by Gasteiger charge is -2.40. The van der Waals surface area contributed by atoms with Gasteiger partial charge in [-0.2, -0.15) is 0 Å². The molecule has 0 radical (unpaired) electrons. The van der Waals surface area contributed by atoms with Crippen molar-refractivity contribution < 1.29 is 9.32 Å². The Balaban J connectivity index is 1.56. The maximum atomic E-state index is 12.7. The first-order valence-electron chi connectivity index (χ1n) is 8.98. The van der Waals surface area contributed by atoms with Crippen molar-refractivity contribution in [1.29, 1.82) is 0 Å². The molecule has 1 aliphatic heterocycles. The quantitative estimate of drug-likeness (QED) is 0.843. The fraction of sp³-hybridized carbons (Fsp3) is 0.500. The second-order valence-corrected chi connectivity index (χ2v) is 7.64. The lowest BCUT2D eigenvalue weighted by atomic mass is 9.73. The van der Waals surface area contributed by atoms with Gasteiger partial charge in [0.1, 0.15) is 11.3 Å². The highest BCUT2D eigenvalue weighted by molar-refractivity contribution is 5.94. The largest absolute Gasteiger partial charge is 0.361 e. The standard InChI is InChI=1S/C20H25N3O2/c1-14-16(13-21-25-14)19(24)23-10-8-20(9-11-23)12-18(22(2)3)15-6-4-5-7-17(15)20/h4-7,13,18H,8-12H2,1-3H3. The highest BCUT2D eigenvalue weighted by Gasteiger charge is 2.46. The Morgan fingerprint density at radius 1 is 1.28 bits per heavy atom. The van der Waals surface area contributed by atoms with Crippen molar-refractivity contribution in [3.63, 3.8) is 0 Å². The maximum absolute atomic E-state index is 12.7. The SMILES string of the molecule is Cc1oncc1C(=O)N1CCC2(CC1)CC(N(C)C)c1ccccc12. The van der Waals surface area contributed by atoms with Crippen LogP contribution in [0.2, 0.25) is 0 Å². The lowest BCUT2D eigenvalue weighted by Crippen LogP contribution is -2.44. The number of hydrogen-bond donors (Lipinski definition) is 0. The summed E-state index contributed by atoms with van der Waals surface area (Å²) in [5, 5.41) is 3.74. The summed E-state index contributed by atoms with van der Waals surface area (Å²) in [5.74, 6) is 0.646. The van der Waals surface area contributed by atoms with Crippen molar-refractivity contribution in [2.24, 2.45) is 0 Å². The summed E-state index contributed by atoms with van der Waals surface area (Å²) in [7, 11) is 4.32. The van der Waals surface area contributed by atoms with E-state index in [0.717, 1.165) is 32.4 Å². The van der Waals surface area contributed by atoms with E-state index in [1.807, 2.05) is 4.90 Å². The van der Waals surface area contributed by atoms with E-state index in [1.165, 1.54) is 17.3 Å². The van der Waals surface area contributed by atoms with Gasteiger partial charge in [-0.15, -0.1) is 0 Å². The second kappa shape index (κ2) is 5.99. The highest BCUT2D eigenvalue weighted by Crippen LogP contribution is 2.52. The fourth-order valence-corrected chi connectivity index (χ4v) is 4.61. The average molecular weight is 339 g/mol. The van der Waals surface area contributed by atoms with Crippen LogP contribution < -0.4 is 0 Å². The number of amides is 1. The van der Waals surface area contributed by atoms with E-state index in [0.29, 0.717) is 17.4 Å². The summed E-state index contributed by atoms with van der Waals surface area (Å²) in [5.41, 5.74) is 3.74. The van der Waals surface area contributed by atoms with Crippen LogP contribution in [0.3, 0.4) is 0 Å². The predicted molar refractivity (Wildman–Crippen MR) is 95.5 cm³/mol. The van der Waals surface area contributed by atoms with Crippen molar-refractivity contribution in [2.75, 3.05) is 27.2 Å². The minimum atomic E-state index is 0.0454. The number of aromatic nitrogens is 1. The molecule has 2 aromatic rings. The molecule has 132 valence electrons. The molecule has 2 heterocycles. The fourth-order valence-electron chi connectivity index (χ4n) is 4.61. The van der Waals surface area contributed by atoms with E-state index in [2.05, 4.69) is 48.4 Å². The molecule has 1 aromatic carbocycles. The smallest absolute Gasteiger partial charge is 0.259 e. The molecule has 1 atom stereocenters. The van der Waals surface area contributed by atoms with E-state index in [9.17, 15) is 4.79 Å². The molecule has 1 fully saturated rings. The molecule has 1 saturated heterocycles. The molecular formula is C20H25N3O2. The Kier molecular flexibility index (Phi) is 3.91. The monoisotopic (exact) mass is 339 g/mol. The normalized spacial score (nSPS) is 21.8. The summed E-state index contributed by atoms with van der Waals surface area (Å²) in [6, 6.07) is 9.32. The zero-order chi connectivity index (χ0) is 17.6. The van der Waals surface area contributed by atoms with Gasteiger partial charge in [-0.25, -0.2) is 0 Å². The van der Waals surface area contributed by atoms with Crippen LogP contribution in [0.4, 0.5) is 0 Å². The Morgan fingerprint density at radius 2 is 2.00 bits per heavy atom. The van der Waals surface area contributed by atoms with Crippen LogP contribution in [0, 0.1) is 6.92 Å². The van der Waals surface area contributed by atoms with Crippen LogP contribution in [0.25, 0.3) is 0 Å². The van der Waals surface area contributed by atoms with E-state index in [-0.39, 0.29) is 11.3 Å². The molecule has 1 aliphatic carbocycles. The van der Waals surface area contributed by atoms with Gasteiger partial charge < -0.3 is 14.3 Å². The van der Waals surface area contributed by atoms with Crippen molar-refractivity contribution in [1.82, 2.24) is 15.0 Å². The molecule has 5 heteroatoms. The maximum Gasteiger partial charge on any atom is 0.259 e. The van der Waals surface area contributed by atoms with E-state index >= 15 is 0 Å². The minimum absolute atomic E-state index is 0.0454. The third-order valence-electron chi connectivity index (χ3n) is 6.09. The number of carbonyl (C=O) groups excluding carboxylic acids is 1. The second-order valence-electron chi connectivity index (χ2n) is 7.64. The number of carbonyl (C=O) groups is 1. The summed E-state index contributed by atoms with van der Waals surface area (Å²) in [4.78, 5) is 17.0. The van der Waals surface area contributed by atoms with Crippen LogP contribution in [0.5, 0.6) is 0 Å². The average Bonchev–Trinajstić information content (AvgIpc) is 3.18. The Morgan fingerprint density at radius 3 is 2.64 bits per heavy atom. The lowest BCUT2D eigenvalue weighted by molar-refractivity contribution is 0.0651. The van der Waals surface area contributed by atoms with Gasteiger partial charge in [0.15, 0.2) is 0 Å². The van der Waals surface area contributed by atoms with E-state index in [4.69, 9.17) is 4.52 Å². The molecule has 0 saturated carbocycles. The Labute approximate surface area is 148 Å². The number of fused-ring (bicyclic) bond motifs is 2. The van der Waals surface area contributed by atoms with Crippen molar-refractivity contribution in [2.45, 2.75) is 37.6 Å². The van der Waals surface area contributed by atoms with Crippen LogP contribution >= 0.6 is 0 Å². The van der Waals surface area contributed by atoms with Crippen molar-refractivity contribution >= 4 is 5.91 Å². The number of benzene rings is 1. The van der Waals surface area contributed by atoms with Gasteiger partial charge in [0.25, 0.3) is 5.91 Å². The summed E-state index contributed by atoms with van der Waals surface area (Å²) in [6.07, 6.45) is 4.72. The molecule has 1 aromatic heterocycles. The van der Waals surface area contributed by atoms with Crippen LogP contribution in [-0.2, 0) is 5.41 Å². The number of aryl methyl sites for hydroxylation is 1. The van der Waals surface area contributed by atoms with Crippen LogP contribution in [0.15, 0.2) is 35.0 Å². The predicted octanol–water partition coefficient (Wildman–Crippen LogP) is 3.16. The first kappa shape index (κ1) is 16.3. The summed E-state index contributed by atoms with van der Waals surface area (Å²) < 4.78 is 5.05. The Hall–Kier alpha value is -2.14. The number of hydrogen-bond acceptors (Lipinski definition) is 4. The molecule has 25 heavy (non-hydrogen) atoms. The summed E-state index contributed by atoms with van der Waals surface area (Å²) in [6.45, 7) is 3.37. The van der Waals surface area contributed by atoms with Crippen molar-refractivity contribution in [3.05, 3.63) is 52.9 Å². The zero-order valence-electron chi connectivity index (χ0n) is 15.2. The van der Waals surface area contributed by atoms with Crippen LogP contribution in [-0.4, -0.2) is 48.0 Å². The zero-order valence-corrected chi connectivity index (χ0v) is 15.2. The third kappa shape index (κ3) is 2.58. The number of piperidine rings is 1. The topological polar surface area (TPSA) is 49.6 Å². The van der Waals surface area contributed by atoms with Gasteiger partial charge in [0.2, 0.25) is 0 Å². The molecule has 5 nitrogen and oxygen atoms in total. The molecule has 1 amide bonds. The van der Waals surface area contributed by atoms with Gasteiger partial charge >= 0.3 is 0 Å². The molecule has 0 bridgehead atoms. The number of rotatable bonds is 2. The molecule has 4 rings (SSSR count). The number of likely N-dealkylation sites (tertiary alicyclic amines) is 1. The van der Waals surface area contributed by atoms with Gasteiger partial charge in [-0.3, -0.25) is 4.79 Å². The number of nitrogens with zero attached hydrogens (tertiary/aromatic N) is 3. The molecule has 2 aliphatic rings. The van der Waals surface area contributed by atoms with Gasteiger partial charge in [-0.05, 0) is 51.4 Å². The van der Waals surface area contributed by atoms with Gasteiger partial charge in [-0.1, -0.05) is 29.4 Å². The molecule has 0 N–H and O–H groups in total. The van der Waals surface area contributed by atoms with Gasteiger partial charge in [0, 0.05) is 24.5 Å².